The van der Waals surface area contributed by atoms with Gasteiger partial charge in [-0.25, -0.2) is 4.79 Å². The van der Waals surface area contributed by atoms with Gasteiger partial charge in [-0.15, -0.1) is 0 Å². The first-order valence-corrected chi connectivity index (χ1v) is 25.1. The molecule has 346 valence electrons. The Kier molecular flexibility index (Phi) is 13.4. The standard InChI is InChI=1S/C59H72N4O3/c1-11-15-37-60-55(64)52(56(65)61(57(60)66)38-16-12-2)51-43(31-35-49-58(7,8)53-45-25-19-17-23-41(45)29-33-47(53)62(49)39(5)21-13-3)27-28-44(51)32-36-50-59(9,10)54-46-26-20-18-24-42(46)30-34-48(54)63(50)40(6)22-14-4/h17-20,23-26,29-36,39-40H,11-16,21-22,27-28,37-38H2,1-10H3/b43-31+,44-32+,49-35+,50-36+. The van der Waals surface area contributed by atoms with Gasteiger partial charge in [-0.3, -0.25) is 19.4 Å². The molecule has 3 aliphatic heterocycles. The monoisotopic (exact) mass is 885 g/mol. The Balaban J connectivity index is 1.34. The molecule has 2 unspecified atom stereocenters. The smallest absolute Gasteiger partial charge is 0.333 e. The van der Waals surface area contributed by atoms with Crippen molar-refractivity contribution < 1.29 is 14.4 Å². The normalized spacial score (nSPS) is 21.5. The Morgan fingerprint density at radius 3 is 1.33 bits per heavy atom. The number of amides is 4. The minimum absolute atomic E-state index is 0.126. The number of allylic oxidation sites excluding steroid dienone is 9. The van der Waals surface area contributed by atoms with E-state index >= 15 is 0 Å². The fourth-order valence-electron chi connectivity index (χ4n) is 11.6. The molecule has 66 heavy (non-hydrogen) atoms. The van der Waals surface area contributed by atoms with Crippen molar-refractivity contribution in [1.29, 1.82) is 0 Å². The van der Waals surface area contributed by atoms with Crippen molar-refractivity contribution in [2.24, 2.45) is 0 Å². The highest BCUT2D eigenvalue weighted by Crippen LogP contribution is 2.54. The predicted octanol–water partition coefficient (Wildman–Crippen LogP) is 14.4. The molecule has 4 aromatic rings. The third-order valence-electron chi connectivity index (χ3n) is 15.0. The van der Waals surface area contributed by atoms with Crippen LogP contribution in [0.2, 0.25) is 0 Å². The number of imide groups is 2. The summed E-state index contributed by atoms with van der Waals surface area (Å²) >= 11 is 0. The van der Waals surface area contributed by atoms with Crippen molar-refractivity contribution in [3.63, 3.8) is 0 Å². The third-order valence-corrected chi connectivity index (χ3v) is 15.0. The summed E-state index contributed by atoms with van der Waals surface area (Å²) in [4.78, 5) is 51.7. The molecule has 0 aromatic heterocycles. The number of barbiturate groups is 1. The van der Waals surface area contributed by atoms with Crippen LogP contribution in [0.15, 0.2) is 131 Å². The van der Waals surface area contributed by atoms with Crippen LogP contribution < -0.4 is 9.80 Å². The molecule has 3 heterocycles. The summed E-state index contributed by atoms with van der Waals surface area (Å²) in [5.41, 5.74) is 9.62. The summed E-state index contributed by atoms with van der Waals surface area (Å²) in [5, 5.41) is 4.99. The van der Waals surface area contributed by atoms with Gasteiger partial charge in [-0.2, -0.15) is 0 Å². The first-order valence-electron chi connectivity index (χ1n) is 25.1. The maximum absolute atomic E-state index is 14.9. The molecule has 1 saturated heterocycles. The summed E-state index contributed by atoms with van der Waals surface area (Å²) in [6.45, 7) is 23.2. The van der Waals surface area contributed by atoms with Gasteiger partial charge in [0.25, 0.3) is 11.8 Å². The second-order valence-corrected chi connectivity index (χ2v) is 20.3. The summed E-state index contributed by atoms with van der Waals surface area (Å²) in [6, 6.07) is 26.5. The number of urea groups is 1. The summed E-state index contributed by atoms with van der Waals surface area (Å²) in [5.74, 6) is -0.950. The van der Waals surface area contributed by atoms with E-state index in [0.29, 0.717) is 31.3 Å². The van der Waals surface area contributed by atoms with Crippen LogP contribution >= 0.6 is 0 Å². The van der Waals surface area contributed by atoms with E-state index < -0.39 is 17.8 Å². The Morgan fingerprint density at radius 1 is 0.530 bits per heavy atom. The van der Waals surface area contributed by atoms with Gasteiger partial charge >= 0.3 is 6.03 Å². The molecule has 1 saturated carbocycles. The molecular formula is C59H72N4O3. The topological polar surface area (TPSA) is 64.2 Å². The number of fused-ring (bicyclic) bond motifs is 6. The number of hydrogen-bond donors (Lipinski definition) is 0. The quantitative estimate of drug-likeness (QED) is 0.0932. The maximum Gasteiger partial charge on any atom is 0.333 e. The summed E-state index contributed by atoms with van der Waals surface area (Å²) in [6.07, 6.45) is 17.5. The van der Waals surface area contributed by atoms with Crippen molar-refractivity contribution >= 4 is 50.8 Å². The van der Waals surface area contributed by atoms with Gasteiger partial charge in [-0.05, 0) is 126 Å². The minimum atomic E-state index is -0.494. The van der Waals surface area contributed by atoms with Crippen molar-refractivity contribution in [3.05, 3.63) is 142 Å². The van der Waals surface area contributed by atoms with Crippen LogP contribution in [0.4, 0.5) is 16.2 Å². The second kappa shape index (κ2) is 18.9. The molecule has 1 aliphatic carbocycles. The van der Waals surface area contributed by atoms with E-state index in [2.05, 4.69) is 176 Å². The Morgan fingerprint density at radius 2 is 0.939 bits per heavy atom. The number of rotatable bonds is 14. The van der Waals surface area contributed by atoms with Crippen LogP contribution in [-0.4, -0.2) is 52.8 Å². The van der Waals surface area contributed by atoms with Gasteiger partial charge in [0.2, 0.25) is 0 Å². The second-order valence-electron chi connectivity index (χ2n) is 20.3. The van der Waals surface area contributed by atoms with Gasteiger partial charge in [0.05, 0.1) is 0 Å². The highest BCUT2D eigenvalue weighted by atomic mass is 16.2. The maximum atomic E-state index is 14.9. The first kappa shape index (κ1) is 46.8. The van der Waals surface area contributed by atoms with Gasteiger partial charge < -0.3 is 9.80 Å². The predicted molar refractivity (Wildman–Crippen MR) is 275 cm³/mol. The lowest BCUT2D eigenvalue weighted by atomic mass is 9.80. The SMILES string of the molecule is CCCCN1C(=O)C(=C2/C(=C/C=C3/N(C(C)CCC)c4ccc5ccccc5c4C3(C)C)CC/C2=C\C=C2\N(C(C)CCC)c3ccc4ccccc4c3C2(C)C)C(=O)N(CCCC)C1=O. The molecule has 0 spiro atoms. The molecule has 2 atom stereocenters. The zero-order valence-corrected chi connectivity index (χ0v) is 41.4. The van der Waals surface area contributed by atoms with Gasteiger partial charge in [0, 0.05) is 58.8 Å². The van der Waals surface area contributed by atoms with Gasteiger partial charge in [0.15, 0.2) is 0 Å². The molecule has 7 nitrogen and oxygen atoms in total. The van der Waals surface area contributed by atoms with Crippen LogP contribution in [0, 0.1) is 0 Å². The third kappa shape index (κ3) is 7.94. The molecule has 4 amide bonds. The fourth-order valence-corrected chi connectivity index (χ4v) is 11.6. The highest BCUT2D eigenvalue weighted by molar-refractivity contribution is 6.30. The Hall–Kier alpha value is -5.69. The average molecular weight is 885 g/mol. The van der Waals surface area contributed by atoms with Crippen LogP contribution in [0.3, 0.4) is 0 Å². The number of unbranched alkanes of at least 4 members (excludes halogenated alkanes) is 2. The average Bonchev–Trinajstić information content (AvgIpc) is 3.88. The zero-order valence-electron chi connectivity index (χ0n) is 41.4. The van der Waals surface area contributed by atoms with E-state index in [1.165, 1.54) is 65.2 Å². The molecule has 4 aromatic carbocycles. The molecule has 4 aliphatic rings. The molecule has 0 N–H and O–H groups in total. The lowest BCUT2D eigenvalue weighted by Crippen LogP contribution is -2.57. The van der Waals surface area contributed by atoms with E-state index in [0.717, 1.165) is 49.7 Å². The Bertz CT molecular complexity index is 2550. The van der Waals surface area contributed by atoms with Gasteiger partial charge in [-0.1, -0.05) is 154 Å². The van der Waals surface area contributed by atoms with Crippen molar-refractivity contribution in [1.82, 2.24) is 9.80 Å². The van der Waals surface area contributed by atoms with E-state index in [1.54, 1.807) is 0 Å². The van der Waals surface area contributed by atoms with E-state index in [1.807, 2.05) is 0 Å². The van der Waals surface area contributed by atoms with Crippen LogP contribution in [0.25, 0.3) is 21.5 Å². The van der Waals surface area contributed by atoms with E-state index in [-0.39, 0.29) is 41.6 Å². The fraction of sp³-hybridized carbons (Fsp3) is 0.441. The number of anilines is 2. The largest absolute Gasteiger partial charge is 0.341 e. The molecule has 2 fully saturated rings. The lowest BCUT2D eigenvalue weighted by Gasteiger charge is -2.35. The lowest BCUT2D eigenvalue weighted by molar-refractivity contribution is -0.136. The minimum Gasteiger partial charge on any atom is -0.341 e. The number of hydrogen-bond acceptors (Lipinski definition) is 5. The summed E-state index contributed by atoms with van der Waals surface area (Å²) in [7, 11) is 0. The number of carbonyl (C=O) groups excluding carboxylic acids is 3. The van der Waals surface area contributed by atoms with E-state index in [4.69, 9.17) is 0 Å². The number of carbonyl (C=O) groups is 3. The van der Waals surface area contributed by atoms with Crippen molar-refractivity contribution in [3.8, 4) is 0 Å². The van der Waals surface area contributed by atoms with Crippen LogP contribution in [0.1, 0.15) is 145 Å². The summed E-state index contributed by atoms with van der Waals surface area (Å²) < 4.78 is 0. The molecule has 8 rings (SSSR count). The Labute approximate surface area is 394 Å². The van der Waals surface area contributed by atoms with Crippen LogP contribution in [-0.2, 0) is 20.4 Å². The number of benzene rings is 4. The number of nitrogens with zero attached hydrogens (tertiary/aromatic N) is 4. The molecule has 0 bridgehead atoms. The molecular weight excluding hydrogens is 813 g/mol. The van der Waals surface area contributed by atoms with Crippen molar-refractivity contribution in [2.45, 2.75) is 156 Å². The van der Waals surface area contributed by atoms with E-state index in [9.17, 15) is 14.4 Å². The first-order chi connectivity index (χ1) is 31.7. The highest BCUT2D eigenvalue weighted by Gasteiger charge is 2.47. The van der Waals surface area contributed by atoms with Gasteiger partial charge in [0.1, 0.15) is 5.57 Å². The van der Waals surface area contributed by atoms with Crippen molar-refractivity contribution in [2.75, 3.05) is 22.9 Å². The zero-order chi connectivity index (χ0) is 47.1. The van der Waals surface area contributed by atoms with Crippen LogP contribution in [0.5, 0.6) is 0 Å². The molecule has 7 heteroatoms. The molecule has 0 radical (unpaired) electrons.